The Bertz CT molecular complexity index is 142. The number of hydrogen-bond donors (Lipinski definition) is 1. The normalized spacial score (nSPS) is 10.6. The van der Waals surface area contributed by atoms with E-state index in [2.05, 4.69) is 11.9 Å². The standard InChI is InChI=1S/C16H33N/c1-3-4-5-6-7-8-9-10-11-12-13-14-15-16-17-2/h3,17H,1,4-16H2,2H3. The van der Waals surface area contributed by atoms with Crippen LogP contribution in [0.3, 0.4) is 0 Å². The molecule has 1 nitrogen and oxygen atoms in total. The second-order valence-corrected chi connectivity index (χ2v) is 5.07. The molecule has 0 radical (unpaired) electrons. The van der Waals surface area contributed by atoms with Crippen molar-refractivity contribution in [3.8, 4) is 0 Å². The molecule has 0 aromatic carbocycles. The van der Waals surface area contributed by atoms with Crippen LogP contribution in [0.2, 0.25) is 0 Å². The molecule has 0 aliphatic heterocycles. The molecule has 102 valence electrons. The lowest BCUT2D eigenvalue weighted by Gasteiger charge is -2.02. The van der Waals surface area contributed by atoms with Crippen LogP contribution in [0.4, 0.5) is 0 Å². The minimum absolute atomic E-state index is 1.19. The van der Waals surface area contributed by atoms with Crippen LogP contribution in [0.5, 0.6) is 0 Å². The third-order valence-corrected chi connectivity index (χ3v) is 3.34. The Kier molecular flexibility index (Phi) is 15.4. The first-order chi connectivity index (χ1) is 8.41. The summed E-state index contributed by atoms with van der Waals surface area (Å²) in [5, 5.41) is 3.20. The van der Waals surface area contributed by atoms with Gasteiger partial charge in [-0.15, -0.1) is 6.58 Å². The predicted molar refractivity (Wildman–Crippen MR) is 79.5 cm³/mol. The molecular formula is C16H33N. The maximum atomic E-state index is 3.75. The zero-order valence-electron chi connectivity index (χ0n) is 12.0. The van der Waals surface area contributed by atoms with Crippen molar-refractivity contribution in [2.24, 2.45) is 0 Å². The van der Waals surface area contributed by atoms with E-state index in [1.165, 1.54) is 83.6 Å². The molecule has 0 aliphatic rings. The summed E-state index contributed by atoms with van der Waals surface area (Å²) in [5.74, 6) is 0. The topological polar surface area (TPSA) is 12.0 Å². The van der Waals surface area contributed by atoms with E-state index in [9.17, 15) is 0 Å². The van der Waals surface area contributed by atoms with Gasteiger partial charge in [-0.25, -0.2) is 0 Å². The lowest BCUT2D eigenvalue weighted by atomic mass is 10.1. The summed E-state index contributed by atoms with van der Waals surface area (Å²) in [6.45, 7) is 4.94. The zero-order valence-corrected chi connectivity index (χ0v) is 12.0. The smallest absolute Gasteiger partial charge is 0.00519 e. The van der Waals surface area contributed by atoms with E-state index in [4.69, 9.17) is 0 Å². The molecule has 0 atom stereocenters. The van der Waals surface area contributed by atoms with Gasteiger partial charge in [0.1, 0.15) is 0 Å². The van der Waals surface area contributed by atoms with Crippen LogP contribution in [0.1, 0.15) is 77.0 Å². The number of hydrogen-bond acceptors (Lipinski definition) is 1. The summed E-state index contributed by atoms with van der Waals surface area (Å²) in [7, 11) is 2.04. The third kappa shape index (κ3) is 15.7. The molecule has 0 saturated carbocycles. The second kappa shape index (κ2) is 15.7. The van der Waals surface area contributed by atoms with Gasteiger partial charge in [-0.05, 0) is 32.9 Å². The Balaban J connectivity index is 2.87. The van der Waals surface area contributed by atoms with E-state index in [1.54, 1.807) is 0 Å². The van der Waals surface area contributed by atoms with Crippen molar-refractivity contribution in [2.45, 2.75) is 77.0 Å². The van der Waals surface area contributed by atoms with Crippen molar-refractivity contribution >= 4 is 0 Å². The maximum absolute atomic E-state index is 3.75. The largest absolute Gasteiger partial charge is 0.320 e. The van der Waals surface area contributed by atoms with Gasteiger partial charge in [0.25, 0.3) is 0 Å². The fourth-order valence-corrected chi connectivity index (χ4v) is 2.18. The molecule has 0 bridgehead atoms. The highest BCUT2D eigenvalue weighted by atomic mass is 14.8. The van der Waals surface area contributed by atoms with Gasteiger partial charge in [0.15, 0.2) is 0 Å². The first-order valence-corrected chi connectivity index (χ1v) is 7.67. The Morgan fingerprint density at radius 1 is 0.706 bits per heavy atom. The Hall–Kier alpha value is -0.300. The van der Waals surface area contributed by atoms with Gasteiger partial charge < -0.3 is 5.32 Å². The van der Waals surface area contributed by atoms with Gasteiger partial charge in [0.05, 0.1) is 0 Å². The molecule has 1 heteroatoms. The molecular weight excluding hydrogens is 206 g/mol. The molecule has 0 unspecified atom stereocenters. The molecule has 0 spiro atoms. The van der Waals surface area contributed by atoms with E-state index < -0.39 is 0 Å². The van der Waals surface area contributed by atoms with Gasteiger partial charge in [-0.3, -0.25) is 0 Å². The minimum atomic E-state index is 1.19. The SMILES string of the molecule is C=CCCCCCCCCCCCCCNC. The molecule has 0 rings (SSSR count). The molecule has 0 saturated heterocycles. The molecule has 0 aliphatic carbocycles. The van der Waals surface area contributed by atoms with Gasteiger partial charge >= 0.3 is 0 Å². The summed E-state index contributed by atoms with van der Waals surface area (Å²) < 4.78 is 0. The average molecular weight is 239 g/mol. The van der Waals surface area contributed by atoms with Gasteiger partial charge in [-0.1, -0.05) is 63.9 Å². The summed E-state index contributed by atoms with van der Waals surface area (Å²) >= 11 is 0. The van der Waals surface area contributed by atoms with E-state index >= 15 is 0 Å². The Morgan fingerprint density at radius 2 is 1.12 bits per heavy atom. The first-order valence-electron chi connectivity index (χ1n) is 7.67. The van der Waals surface area contributed by atoms with E-state index in [0.717, 1.165) is 0 Å². The predicted octanol–water partition coefficient (Wildman–Crippen LogP) is 5.07. The fraction of sp³-hybridized carbons (Fsp3) is 0.875. The fourth-order valence-electron chi connectivity index (χ4n) is 2.18. The molecule has 0 aromatic heterocycles. The summed E-state index contributed by atoms with van der Waals surface area (Å²) in [5.41, 5.74) is 0. The van der Waals surface area contributed by atoms with Gasteiger partial charge in [0.2, 0.25) is 0 Å². The first kappa shape index (κ1) is 16.7. The van der Waals surface area contributed by atoms with E-state index in [1.807, 2.05) is 13.1 Å². The highest BCUT2D eigenvalue weighted by Crippen LogP contribution is 2.11. The van der Waals surface area contributed by atoms with Crippen LogP contribution in [0.15, 0.2) is 12.7 Å². The van der Waals surface area contributed by atoms with Crippen LogP contribution in [0.25, 0.3) is 0 Å². The molecule has 0 heterocycles. The minimum Gasteiger partial charge on any atom is -0.320 e. The molecule has 0 fully saturated rings. The van der Waals surface area contributed by atoms with E-state index in [0.29, 0.717) is 0 Å². The molecule has 0 amide bonds. The molecule has 0 aromatic rings. The van der Waals surface area contributed by atoms with Gasteiger partial charge in [-0.2, -0.15) is 0 Å². The van der Waals surface area contributed by atoms with Crippen molar-refractivity contribution in [2.75, 3.05) is 13.6 Å². The molecule has 1 N–H and O–H groups in total. The van der Waals surface area contributed by atoms with Crippen molar-refractivity contribution in [1.29, 1.82) is 0 Å². The summed E-state index contributed by atoms with van der Waals surface area (Å²) in [6, 6.07) is 0. The highest BCUT2D eigenvalue weighted by Gasteiger charge is 1.92. The van der Waals surface area contributed by atoms with Crippen molar-refractivity contribution < 1.29 is 0 Å². The van der Waals surface area contributed by atoms with Crippen molar-refractivity contribution in [3.05, 3.63) is 12.7 Å². The second-order valence-electron chi connectivity index (χ2n) is 5.07. The van der Waals surface area contributed by atoms with Crippen molar-refractivity contribution in [3.63, 3.8) is 0 Å². The quantitative estimate of drug-likeness (QED) is 0.329. The average Bonchev–Trinajstić information content (AvgIpc) is 2.35. The number of nitrogens with one attached hydrogen (secondary N) is 1. The summed E-state index contributed by atoms with van der Waals surface area (Å²) in [4.78, 5) is 0. The Labute approximate surface area is 109 Å². The van der Waals surface area contributed by atoms with E-state index in [-0.39, 0.29) is 0 Å². The van der Waals surface area contributed by atoms with Crippen LogP contribution in [0, 0.1) is 0 Å². The van der Waals surface area contributed by atoms with Crippen molar-refractivity contribution in [1.82, 2.24) is 5.32 Å². The number of allylic oxidation sites excluding steroid dienone is 1. The zero-order chi connectivity index (χ0) is 12.6. The van der Waals surface area contributed by atoms with Crippen LogP contribution in [-0.2, 0) is 0 Å². The maximum Gasteiger partial charge on any atom is -0.00519 e. The lowest BCUT2D eigenvalue weighted by Crippen LogP contribution is -2.06. The number of rotatable bonds is 14. The number of unbranched alkanes of at least 4 members (excludes halogenated alkanes) is 11. The summed E-state index contributed by atoms with van der Waals surface area (Å²) in [6.07, 6.45) is 18.8. The van der Waals surface area contributed by atoms with Crippen LogP contribution in [-0.4, -0.2) is 13.6 Å². The Morgan fingerprint density at radius 3 is 1.53 bits per heavy atom. The van der Waals surface area contributed by atoms with Crippen LogP contribution >= 0.6 is 0 Å². The highest BCUT2D eigenvalue weighted by molar-refractivity contribution is 4.65. The monoisotopic (exact) mass is 239 g/mol. The molecule has 17 heavy (non-hydrogen) atoms. The van der Waals surface area contributed by atoms with Crippen LogP contribution < -0.4 is 5.32 Å². The van der Waals surface area contributed by atoms with Gasteiger partial charge in [0, 0.05) is 0 Å². The third-order valence-electron chi connectivity index (χ3n) is 3.34. The lowest BCUT2D eigenvalue weighted by molar-refractivity contribution is 0.543.